The highest BCUT2D eigenvalue weighted by molar-refractivity contribution is 5.95. The summed E-state index contributed by atoms with van der Waals surface area (Å²) in [6, 6.07) is 25.0. The third-order valence-corrected chi connectivity index (χ3v) is 6.12. The number of carbonyl (C=O) groups is 2. The molecule has 1 fully saturated rings. The lowest BCUT2D eigenvalue weighted by atomic mass is 9.95. The van der Waals surface area contributed by atoms with E-state index in [9.17, 15) is 9.59 Å². The van der Waals surface area contributed by atoms with Crippen molar-refractivity contribution in [2.75, 3.05) is 18.4 Å². The van der Waals surface area contributed by atoms with Crippen LogP contribution in [0.1, 0.15) is 23.2 Å². The van der Waals surface area contributed by atoms with Gasteiger partial charge in [0.25, 0.3) is 5.91 Å². The van der Waals surface area contributed by atoms with Gasteiger partial charge in [-0.3, -0.25) is 9.59 Å². The molecular formula is C27H25N5O2. The van der Waals surface area contributed by atoms with Gasteiger partial charge in [-0.2, -0.15) is 5.10 Å². The Morgan fingerprint density at radius 2 is 1.65 bits per heavy atom. The van der Waals surface area contributed by atoms with Crippen molar-refractivity contribution in [3.63, 3.8) is 0 Å². The maximum Gasteiger partial charge on any atom is 0.253 e. The molecule has 1 aliphatic rings. The molecule has 1 aliphatic heterocycles. The summed E-state index contributed by atoms with van der Waals surface area (Å²) < 4.78 is 1.85. The van der Waals surface area contributed by atoms with Crippen LogP contribution in [0.3, 0.4) is 0 Å². The number of benzene rings is 2. The number of hydrogen-bond acceptors (Lipinski definition) is 4. The summed E-state index contributed by atoms with van der Waals surface area (Å²) in [5, 5.41) is 7.35. The highest BCUT2D eigenvalue weighted by Crippen LogP contribution is 2.24. The topological polar surface area (TPSA) is 80.1 Å². The number of anilines is 1. The molecule has 4 aromatic rings. The van der Waals surface area contributed by atoms with Crippen molar-refractivity contribution in [1.82, 2.24) is 19.7 Å². The van der Waals surface area contributed by atoms with Gasteiger partial charge < -0.3 is 10.2 Å². The Hall–Kier alpha value is -4.26. The minimum absolute atomic E-state index is 0.0288. The summed E-state index contributed by atoms with van der Waals surface area (Å²) >= 11 is 0. The molecule has 0 bridgehead atoms. The van der Waals surface area contributed by atoms with E-state index in [0.717, 1.165) is 16.9 Å². The first-order valence-electron chi connectivity index (χ1n) is 11.4. The largest absolute Gasteiger partial charge is 0.339 e. The molecule has 170 valence electrons. The first kappa shape index (κ1) is 21.6. The van der Waals surface area contributed by atoms with Gasteiger partial charge in [0, 0.05) is 36.3 Å². The minimum atomic E-state index is -0.130. The van der Waals surface area contributed by atoms with E-state index in [0.29, 0.717) is 37.3 Å². The van der Waals surface area contributed by atoms with Gasteiger partial charge in [0.05, 0.1) is 17.6 Å². The normalized spacial score (nSPS) is 14.1. The van der Waals surface area contributed by atoms with Crippen molar-refractivity contribution in [3.8, 4) is 16.9 Å². The molecular weight excluding hydrogens is 426 g/mol. The lowest BCUT2D eigenvalue weighted by Crippen LogP contribution is -2.41. The molecule has 5 rings (SSSR count). The van der Waals surface area contributed by atoms with Gasteiger partial charge in [-0.1, -0.05) is 42.5 Å². The maximum absolute atomic E-state index is 13.2. The Bertz CT molecular complexity index is 1280. The van der Waals surface area contributed by atoms with E-state index in [4.69, 9.17) is 0 Å². The van der Waals surface area contributed by atoms with E-state index in [2.05, 4.69) is 15.4 Å². The summed E-state index contributed by atoms with van der Waals surface area (Å²) in [7, 11) is 0. The molecule has 34 heavy (non-hydrogen) atoms. The monoisotopic (exact) mass is 451 g/mol. The van der Waals surface area contributed by atoms with Crippen molar-refractivity contribution in [2.45, 2.75) is 12.8 Å². The van der Waals surface area contributed by atoms with Crippen LogP contribution in [0, 0.1) is 5.92 Å². The van der Waals surface area contributed by atoms with E-state index >= 15 is 0 Å². The molecule has 0 spiro atoms. The van der Waals surface area contributed by atoms with Crippen molar-refractivity contribution in [2.24, 2.45) is 5.92 Å². The fourth-order valence-electron chi connectivity index (χ4n) is 4.30. The molecule has 2 amide bonds. The number of piperidine rings is 1. The standard InChI is InChI=1S/C27H25N5O2/c33-26(30-25-11-4-5-15-28-25)21-13-17-31(18-14-21)27(34)22-9-6-10-23(19-22)32-24(12-16-29-32)20-7-2-1-3-8-20/h1-12,15-16,19,21H,13-14,17-18H2,(H,28,30,33). The van der Waals surface area contributed by atoms with Crippen LogP contribution in [0.5, 0.6) is 0 Å². The van der Waals surface area contributed by atoms with Crippen LogP contribution in [0.15, 0.2) is 91.3 Å². The zero-order valence-corrected chi connectivity index (χ0v) is 18.7. The quantitative estimate of drug-likeness (QED) is 0.487. The Labute approximate surface area is 198 Å². The fourth-order valence-corrected chi connectivity index (χ4v) is 4.30. The number of amides is 2. The molecule has 1 N–H and O–H groups in total. The minimum Gasteiger partial charge on any atom is -0.339 e. The van der Waals surface area contributed by atoms with Crippen molar-refractivity contribution in [1.29, 1.82) is 0 Å². The van der Waals surface area contributed by atoms with Gasteiger partial charge in [-0.05, 0) is 49.2 Å². The SMILES string of the molecule is O=C(Nc1ccccn1)C1CCN(C(=O)c2cccc(-n3nccc3-c3ccccc3)c2)CC1. The van der Waals surface area contributed by atoms with Crippen LogP contribution < -0.4 is 5.32 Å². The van der Waals surface area contributed by atoms with E-state index < -0.39 is 0 Å². The zero-order chi connectivity index (χ0) is 23.3. The highest BCUT2D eigenvalue weighted by atomic mass is 16.2. The zero-order valence-electron chi connectivity index (χ0n) is 18.7. The van der Waals surface area contributed by atoms with Crippen molar-refractivity contribution < 1.29 is 9.59 Å². The molecule has 0 atom stereocenters. The Balaban J connectivity index is 1.26. The summed E-state index contributed by atoms with van der Waals surface area (Å²) in [6.07, 6.45) is 4.66. The highest BCUT2D eigenvalue weighted by Gasteiger charge is 2.28. The summed E-state index contributed by atoms with van der Waals surface area (Å²) in [5.41, 5.74) is 3.47. The number of nitrogens with one attached hydrogen (secondary N) is 1. The number of hydrogen-bond donors (Lipinski definition) is 1. The second-order valence-electron chi connectivity index (χ2n) is 8.32. The Morgan fingerprint density at radius 1 is 0.853 bits per heavy atom. The Morgan fingerprint density at radius 3 is 2.41 bits per heavy atom. The van der Waals surface area contributed by atoms with Crippen LogP contribution in [0.4, 0.5) is 5.82 Å². The molecule has 3 heterocycles. The van der Waals surface area contributed by atoms with E-state index in [1.165, 1.54) is 0 Å². The average molecular weight is 452 g/mol. The van der Waals surface area contributed by atoms with Crippen LogP contribution >= 0.6 is 0 Å². The van der Waals surface area contributed by atoms with E-state index in [-0.39, 0.29) is 17.7 Å². The third kappa shape index (κ3) is 4.59. The fraction of sp³-hybridized carbons (Fsp3) is 0.185. The summed E-state index contributed by atoms with van der Waals surface area (Å²) in [5.74, 6) is 0.352. The van der Waals surface area contributed by atoms with Crippen LogP contribution in [-0.4, -0.2) is 44.6 Å². The number of rotatable bonds is 5. The first-order valence-corrected chi connectivity index (χ1v) is 11.4. The Kier molecular flexibility index (Phi) is 6.16. The summed E-state index contributed by atoms with van der Waals surface area (Å²) in [4.78, 5) is 31.8. The van der Waals surface area contributed by atoms with Crippen LogP contribution in [-0.2, 0) is 4.79 Å². The lowest BCUT2D eigenvalue weighted by Gasteiger charge is -2.31. The molecule has 0 radical (unpaired) electrons. The van der Waals surface area contributed by atoms with Gasteiger partial charge in [0.1, 0.15) is 5.82 Å². The van der Waals surface area contributed by atoms with E-state index in [1.807, 2.05) is 82.4 Å². The average Bonchev–Trinajstić information content (AvgIpc) is 3.40. The number of likely N-dealkylation sites (tertiary alicyclic amines) is 1. The van der Waals surface area contributed by atoms with Gasteiger partial charge in [0.2, 0.25) is 5.91 Å². The smallest absolute Gasteiger partial charge is 0.253 e. The summed E-state index contributed by atoms with van der Waals surface area (Å²) in [6.45, 7) is 1.08. The molecule has 0 unspecified atom stereocenters. The second-order valence-corrected chi connectivity index (χ2v) is 8.32. The molecule has 0 aliphatic carbocycles. The first-order chi connectivity index (χ1) is 16.7. The third-order valence-electron chi connectivity index (χ3n) is 6.12. The number of nitrogens with zero attached hydrogens (tertiary/aromatic N) is 4. The number of aromatic nitrogens is 3. The molecule has 7 nitrogen and oxygen atoms in total. The maximum atomic E-state index is 13.2. The van der Waals surface area contributed by atoms with Gasteiger partial charge in [0.15, 0.2) is 0 Å². The van der Waals surface area contributed by atoms with Crippen LogP contribution in [0.2, 0.25) is 0 Å². The lowest BCUT2D eigenvalue weighted by molar-refractivity contribution is -0.121. The van der Waals surface area contributed by atoms with Crippen molar-refractivity contribution >= 4 is 17.6 Å². The molecule has 2 aromatic carbocycles. The van der Waals surface area contributed by atoms with Gasteiger partial charge >= 0.3 is 0 Å². The molecule has 1 saturated heterocycles. The van der Waals surface area contributed by atoms with Crippen LogP contribution in [0.25, 0.3) is 16.9 Å². The predicted molar refractivity (Wildman–Crippen MR) is 130 cm³/mol. The van der Waals surface area contributed by atoms with Gasteiger partial charge in [-0.15, -0.1) is 0 Å². The molecule has 0 saturated carbocycles. The molecule has 2 aromatic heterocycles. The number of carbonyl (C=O) groups excluding carboxylic acids is 2. The van der Waals surface area contributed by atoms with E-state index in [1.54, 1.807) is 18.5 Å². The number of pyridine rings is 1. The predicted octanol–water partition coefficient (Wildman–Crippen LogP) is 4.43. The molecule has 7 heteroatoms. The second kappa shape index (κ2) is 9.70. The van der Waals surface area contributed by atoms with Gasteiger partial charge in [-0.25, -0.2) is 9.67 Å². The van der Waals surface area contributed by atoms with Crippen molar-refractivity contribution in [3.05, 3.63) is 96.8 Å².